The number of ether oxygens (including phenoxy) is 1. The number of likely N-dealkylation sites (N-methyl/N-ethyl adjacent to an activating group) is 1. The molecule has 0 atom stereocenters. The number of carbonyl (C=O) groups excluding carboxylic acids is 1. The zero-order chi connectivity index (χ0) is 31.6. The number of hydrogen-bond donors (Lipinski definition) is 3. The van der Waals surface area contributed by atoms with Crippen molar-refractivity contribution in [2.75, 3.05) is 52.2 Å². The quantitative estimate of drug-likeness (QED) is 0.198. The maximum atomic E-state index is 14.8. The fourth-order valence-electron chi connectivity index (χ4n) is 5.70. The lowest BCUT2D eigenvalue weighted by atomic mass is 10.1. The second-order valence-corrected chi connectivity index (χ2v) is 11.6. The van der Waals surface area contributed by atoms with Gasteiger partial charge >= 0.3 is 0 Å². The highest BCUT2D eigenvalue weighted by Gasteiger charge is 2.19. The van der Waals surface area contributed by atoms with Crippen molar-refractivity contribution >= 4 is 33.7 Å². The molecule has 0 saturated carbocycles. The molecule has 0 bridgehead atoms. The Bertz CT molecular complexity index is 2030. The van der Waals surface area contributed by atoms with Crippen LogP contribution in [0.3, 0.4) is 0 Å². The number of carbonyl (C=O) groups is 1. The Morgan fingerprint density at radius 1 is 1.00 bits per heavy atom. The molecular formula is C33H33FN10O2. The molecule has 1 aromatic carbocycles. The number of fused-ring (bicyclic) bond motifs is 2. The van der Waals surface area contributed by atoms with Crippen LogP contribution in [0.25, 0.3) is 56.1 Å². The average molecular weight is 621 g/mol. The number of H-pyrrole nitrogens is 2. The lowest BCUT2D eigenvalue weighted by Gasteiger charge is -2.15. The molecule has 3 N–H and O–H groups in total. The number of aromatic amines is 2. The van der Waals surface area contributed by atoms with Crippen molar-refractivity contribution in [3.63, 3.8) is 0 Å². The lowest BCUT2D eigenvalue weighted by molar-refractivity contribution is -0.116. The monoisotopic (exact) mass is 620 g/mol. The van der Waals surface area contributed by atoms with Gasteiger partial charge in [0.1, 0.15) is 29.2 Å². The number of halogens is 1. The van der Waals surface area contributed by atoms with Crippen molar-refractivity contribution < 1.29 is 13.9 Å². The summed E-state index contributed by atoms with van der Waals surface area (Å²) in [7, 11) is 3.67. The smallest absolute Gasteiger partial charge is 0.238 e. The maximum absolute atomic E-state index is 14.8. The molecule has 6 aromatic rings. The fraction of sp³-hybridized carbons (Fsp3) is 0.273. The Kier molecular flexibility index (Phi) is 8.07. The molecular weight excluding hydrogens is 587 g/mol. The summed E-state index contributed by atoms with van der Waals surface area (Å²) in [6.07, 6.45) is 7.37. The highest BCUT2D eigenvalue weighted by Crippen LogP contribution is 2.32. The summed E-state index contributed by atoms with van der Waals surface area (Å²) >= 11 is 0. The van der Waals surface area contributed by atoms with E-state index in [2.05, 4.69) is 35.4 Å². The second-order valence-electron chi connectivity index (χ2n) is 11.6. The third-order valence-corrected chi connectivity index (χ3v) is 7.83. The van der Waals surface area contributed by atoms with Gasteiger partial charge in [0.25, 0.3) is 0 Å². The van der Waals surface area contributed by atoms with E-state index < -0.39 is 5.82 Å². The van der Waals surface area contributed by atoms with E-state index in [1.54, 1.807) is 29.6 Å². The van der Waals surface area contributed by atoms with E-state index in [0.29, 0.717) is 57.5 Å². The van der Waals surface area contributed by atoms with Crippen LogP contribution in [0, 0.1) is 5.82 Å². The fourth-order valence-corrected chi connectivity index (χ4v) is 5.70. The summed E-state index contributed by atoms with van der Waals surface area (Å²) in [6.45, 7) is 3.71. The SMILES string of the molecule is CN(C)CC(=O)Nc1cncc(-c2ccc3[nH]nc(-c4nc5c(-c6cc(F)cc(OCCN7CCCC7)c6)nccc5[nH]4)c3n2)c1. The first-order valence-electron chi connectivity index (χ1n) is 15.2. The number of aromatic nitrogens is 7. The molecule has 5 aromatic heterocycles. The molecule has 234 valence electrons. The molecule has 1 fully saturated rings. The van der Waals surface area contributed by atoms with E-state index in [4.69, 9.17) is 14.7 Å². The molecule has 1 saturated heterocycles. The average Bonchev–Trinajstić information content (AvgIpc) is 3.80. The Balaban J connectivity index is 1.18. The predicted molar refractivity (Wildman–Crippen MR) is 174 cm³/mol. The van der Waals surface area contributed by atoms with Gasteiger partial charge in [0.05, 0.1) is 40.9 Å². The minimum Gasteiger partial charge on any atom is -0.492 e. The van der Waals surface area contributed by atoms with E-state index in [1.807, 2.05) is 38.4 Å². The number of nitrogens with one attached hydrogen (secondary N) is 3. The van der Waals surface area contributed by atoms with Gasteiger partial charge in [-0.3, -0.25) is 24.8 Å². The normalized spacial score (nSPS) is 13.7. The number of benzene rings is 1. The Morgan fingerprint density at radius 3 is 2.70 bits per heavy atom. The predicted octanol–water partition coefficient (Wildman–Crippen LogP) is 4.74. The number of anilines is 1. The van der Waals surface area contributed by atoms with Gasteiger partial charge in [-0.1, -0.05) is 0 Å². The summed E-state index contributed by atoms with van der Waals surface area (Å²) < 4.78 is 20.7. The van der Waals surface area contributed by atoms with Crippen molar-refractivity contribution in [1.82, 2.24) is 44.9 Å². The Labute approximate surface area is 264 Å². The third kappa shape index (κ3) is 6.28. The topological polar surface area (TPSA) is 141 Å². The summed E-state index contributed by atoms with van der Waals surface area (Å²) in [5, 5.41) is 10.4. The van der Waals surface area contributed by atoms with Crippen molar-refractivity contribution in [2.45, 2.75) is 12.8 Å². The number of likely N-dealkylation sites (tertiary alicyclic amines) is 1. The van der Waals surface area contributed by atoms with Crippen molar-refractivity contribution in [2.24, 2.45) is 0 Å². The number of nitrogens with zero attached hydrogens (tertiary/aromatic N) is 7. The number of imidazole rings is 1. The summed E-state index contributed by atoms with van der Waals surface area (Å²) in [4.78, 5) is 38.3. The molecule has 12 nitrogen and oxygen atoms in total. The van der Waals surface area contributed by atoms with Gasteiger partial charge in [0.2, 0.25) is 5.91 Å². The van der Waals surface area contributed by atoms with E-state index in [1.165, 1.54) is 25.0 Å². The van der Waals surface area contributed by atoms with Crippen molar-refractivity contribution in [3.05, 3.63) is 66.9 Å². The standard InChI is InChI=1S/C33H33FN10O2/c1-43(2)19-28(45)37-23-14-21(17-35-18-23)25-5-6-27-31(38-25)32(42-41-27)33-39-26-7-8-36-29(30(26)40-33)20-13-22(34)16-24(15-20)46-12-11-44-9-3-4-10-44/h5-8,13-18H,3-4,9-12,19H2,1-2H3,(H,37,45)(H,39,40)(H,41,42). The molecule has 7 rings (SSSR count). The maximum Gasteiger partial charge on any atom is 0.238 e. The molecule has 0 unspecified atom stereocenters. The van der Waals surface area contributed by atoms with Crippen LogP contribution in [0.2, 0.25) is 0 Å². The van der Waals surface area contributed by atoms with Crippen LogP contribution in [0.1, 0.15) is 12.8 Å². The molecule has 1 aliphatic rings. The van der Waals surface area contributed by atoms with Crippen LogP contribution >= 0.6 is 0 Å². The molecule has 13 heteroatoms. The van der Waals surface area contributed by atoms with Crippen molar-refractivity contribution in [1.29, 1.82) is 0 Å². The second kappa shape index (κ2) is 12.6. The van der Waals surface area contributed by atoms with Gasteiger partial charge in [-0.05, 0) is 76.4 Å². The van der Waals surface area contributed by atoms with E-state index in [9.17, 15) is 9.18 Å². The first-order chi connectivity index (χ1) is 22.4. The van der Waals surface area contributed by atoms with Crippen LogP contribution in [0.4, 0.5) is 10.1 Å². The van der Waals surface area contributed by atoms with Crippen LogP contribution in [-0.2, 0) is 4.79 Å². The molecule has 46 heavy (non-hydrogen) atoms. The van der Waals surface area contributed by atoms with Crippen LogP contribution in [-0.4, -0.2) is 97.7 Å². The Morgan fingerprint density at radius 2 is 1.85 bits per heavy atom. The molecule has 1 aliphatic heterocycles. The Hall–Kier alpha value is -5.27. The van der Waals surface area contributed by atoms with Crippen LogP contribution < -0.4 is 10.1 Å². The van der Waals surface area contributed by atoms with E-state index in [0.717, 1.165) is 36.2 Å². The van der Waals surface area contributed by atoms with Crippen LogP contribution in [0.15, 0.2) is 61.1 Å². The molecule has 1 amide bonds. The molecule has 0 radical (unpaired) electrons. The largest absolute Gasteiger partial charge is 0.492 e. The first kappa shape index (κ1) is 29.4. The lowest BCUT2D eigenvalue weighted by Crippen LogP contribution is -2.27. The summed E-state index contributed by atoms with van der Waals surface area (Å²) in [6, 6.07) is 12.0. The third-order valence-electron chi connectivity index (χ3n) is 7.83. The minimum absolute atomic E-state index is 0.136. The van der Waals surface area contributed by atoms with Gasteiger partial charge in [-0.2, -0.15) is 5.10 Å². The van der Waals surface area contributed by atoms with Gasteiger partial charge in [0, 0.05) is 36.1 Å². The molecule has 6 heterocycles. The number of pyridine rings is 3. The first-order valence-corrected chi connectivity index (χ1v) is 15.2. The number of rotatable bonds is 10. The van der Waals surface area contributed by atoms with Crippen LogP contribution in [0.5, 0.6) is 5.75 Å². The zero-order valence-corrected chi connectivity index (χ0v) is 25.5. The number of amides is 1. The highest BCUT2D eigenvalue weighted by atomic mass is 19.1. The molecule has 0 aliphatic carbocycles. The highest BCUT2D eigenvalue weighted by molar-refractivity contribution is 5.95. The van der Waals surface area contributed by atoms with E-state index >= 15 is 0 Å². The number of hydrogen-bond acceptors (Lipinski definition) is 9. The van der Waals surface area contributed by atoms with E-state index in [-0.39, 0.29) is 12.5 Å². The van der Waals surface area contributed by atoms with Gasteiger partial charge in [-0.15, -0.1) is 0 Å². The minimum atomic E-state index is -0.408. The zero-order valence-electron chi connectivity index (χ0n) is 25.5. The summed E-state index contributed by atoms with van der Waals surface area (Å²) in [5.41, 5.74) is 6.20. The van der Waals surface area contributed by atoms with Crippen molar-refractivity contribution in [3.8, 4) is 39.8 Å². The molecule has 0 spiro atoms. The summed E-state index contributed by atoms with van der Waals surface area (Å²) in [5.74, 6) is 0.396. The van der Waals surface area contributed by atoms with Gasteiger partial charge in [0.15, 0.2) is 11.5 Å². The van der Waals surface area contributed by atoms with Gasteiger partial charge in [-0.25, -0.2) is 14.4 Å². The van der Waals surface area contributed by atoms with Gasteiger partial charge < -0.3 is 19.9 Å².